The van der Waals surface area contributed by atoms with E-state index in [4.69, 9.17) is 10.2 Å². The summed E-state index contributed by atoms with van der Waals surface area (Å²) in [6, 6.07) is 1.63. The number of aromatic nitrogens is 2. The fourth-order valence-electron chi connectivity index (χ4n) is 1.36. The molecule has 94 valence electrons. The highest BCUT2D eigenvalue weighted by molar-refractivity contribution is 5.92. The second kappa shape index (κ2) is 5.44. The van der Waals surface area contributed by atoms with Crippen molar-refractivity contribution in [2.45, 2.75) is 19.4 Å². The Hall–Kier alpha value is -1.89. The van der Waals surface area contributed by atoms with Gasteiger partial charge in [0.2, 0.25) is 0 Å². The summed E-state index contributed by atoms with van der Waals surface area (Å²) in [5.74, 6) is -1.64. The van der Waals surface area contributed by atoms with Crippen LogP contribution in [0.4, 0.5) is 0 Å². The van der Waals surface area contributed by atoms with Crippen molar-refractivity contribution >= 4 is 11.9 Å². The predicted octanol–water partition coefficient (Wildman–Crippen LogP) is -0.706. The molecule has 0 unspecified atom stereocenters. The van der Waals surface area contributed by atoms with Gasteiger partial charge in [0.15, 0.2) is 6.10 Å². The van der Waals surface area contributed by atoms with Gasteiger partial charge >= 0.3 is 5.97 Å². The van der Waals surface area contributed by atoms with Crippen molar-refractivity contribution in [3.05, 3.63) is 17.5 Å². The Labute approximate surface area is 98.1 Å². The van der Waals surface area contributed by atoms with Crippen LogP contribution in [0.5, 0.6) is 0 Å². The van der Waals surface area contributed by atoms with E-state index in [-0.39, 0.29) is 18.9 Å². The average Bonchev–Trinajstić information content (AvgIpc) is 2.57. The molecule has 17 heavy (non-hydrogen) atoms. The van der Waals surface area contributed by atoms with Crippen LogP contribution in [-0.2, 0) is 11.8 Å². The topological polar surface area (TPSA) is 104 Å². The van der Waals surface area contributed by atoms with Crippen molar-refractivity contribution in [3.8, 4) is 0 Å². The van der Waals surface area contributed by atoms with Gasteiger partial charge in [-0.1, -0.05) is 0 Å². The van der Waals surface area contributed by atoms with E-state index in [0.29, 0.717) is 5.69 Å². The molecule has 7 heteroatoms. The normalized spacial score (nSPS) is 12.2. The number of aliphatic hydroxyl groups is 1. The van der Waals surface area contributed by atoms with E-state index in [1.165, 1.54) is 4.68 Å². The summed E-state index contributed by atoms with van der Waals surface area (Å²) in [6.45, 7) is 1.86. The number of nitrogens with zero attached hydrogens (tertiary/aromatic N) is 2. The lowest BCUT2D eigenvalue weighted by molar-refractivity contribution is -0.146. The van der Waals surface area contributed by atoms with E-state index < -0.39 is 12.1 Å². The van der Waals surface area contributed by atoms with Gasteiger partial charge in [0.25, 0.3) is 5.91 Å². The zero-order valence-corrected chi connectivity index (χ0v) is 9.67. The van der Waals surface area contributed by atoms with Gasteiger partial charge in [-0.25, -0.2) is 4.79 Å². The van der Waals surface area contributed by atoms with Crippen molar-refractivity contribution in [2.75, 3.05) is 6.54 Å². The van der Waals surface area contributed by atoms with Crippen molar-refractivity contribution in [2.24, 2.45) is 7.05 Å². The van der Waals surface area contributed by atoms with Crippen molar-refractivity contribution in [3.63, 3.8) is 0 Å². The highest BCUT2D eigenvalue weighted by Crippen LogP contribution is 2.01. The maximum Gasteiger partial charge on any atom is 0.332 e. The van der Waals surface area contributed by atoms with E-state index >= 15 is 0 Å². The first-order valence-electron chi connectivity index (χ1n) is 5.11. The van der Waals surface area contributed by atoms with E-state index in [9.17, 15) is 9.59 Å². The van der Waals surface area contributed by atoms with Crippen LogP contribution in [0.15, 0.2) is 6.07 Å². The maximum atomic E-state index is 11.6. The maximum absolute atomic E-state index is 11.6. The van der Waals surface area contributed by atoms with Crippen LogP contribution in [0.2, 0.25) is 0 Å². The molecule has 1 aromatic rings. The smallest absolute Gasteiger partial charge is 0.332 e. The minimum Gasteiger partial charge on any atom is -0.479 e. The molecular weight excluding hydrogens is 226 g/mol. The van der Waals surface area contributed by atoms with E-state index in [1.807, 2.05) is 0 Å². The molecule has 0 aromatic carbocycles. The molecule has 0 fully saturated rings. The molecular formula is C10H15N3O4. The van der Waals surface area contributed by atoms with E-state index in [1.54, 1.807) is 20.0 Å². The number of aliphatic carboxylic acids is 1. The molecule has 1 atom stereocenters. The van der Waals surface area contributed by atoms with E-state index in [2.05, 4.69) is 10.4 Å². The van der Waals surface area contributed by atoms with Crippen LogP contribution >= 0.6 is 0 Å². The number of aryl methyl sites for hydroxylation is 2. The predicted molar refractivity (Wildman–Crippen MR) is 58.5 cm³/mol. The third-order valence-corrected chi connectivity index (χ3v) is 2.22. The van der Waals surface area contributed by atoms with Crippen molar-refractivity contribution in [1.82, 2.24) is 15.1 Å². The van der Waals surface area contributed by atoms with Gasteiger partial charge in [-0.2, -0.15) is 5.10 Å². The Morgan fingerprint density at radius 3 is 2.71 bits per heavy atom. The van der Waals surface area contributed by atoms with Crippen molar-refractivity contribution < 1.29 is 19.8 Å². The standard InChI is InChI=1S/C10H15N3O4/c1-6-5-7(13(2)12-6)9(15)11-4-3-8(14)10(16)17/h5,8,14H,3-4H2,1-2H3,(H,11,15)(H,16,17)/t8-/m0/s1. The lowest BCUT2D eigenvalue weighted by atomic mass is 10.2. The molecule has 3 N–H and O–H groups in total. The van der Waals surface area contributed by atoms with Crippen LogP contribution in [0, 0.1) is 6.92 Å². The SMILES string of the molecule is Cc1cc(C(=O)NCC[C@H](O)C(=O)O)n(C)n1. The van der Waals surface area contributed by atoms with Crippen LogP contribution in [-0.4, -0.2) is 44.5 Å². The first kappa shape index (κ1) is 13.2. The highest BCUT2D eigenvalue weighted by Gasteiger charge is 2.15. The number of rotatable bonds is 5. The number of nitrogens with one attached hydrogen (secondary N) is 1. The molecule has 7 nitrogen and oxygen atoms in total. The number of carboxylic acid groups (broad SMARTS) is 1. The number of hydrogen-bond donors (Lipinski definition) is 3. The summed E-state index contributed by atoms with van der Waals surface area (Å²) in [4.78, 5) is 22.0. The second-order valence-corrected chi connectivity index (χ2v) is 3.69. The first-order valence-corrected chi connectivity index (χ1v) is 5.11. The number of hydrogen-bond acceptors (Lipinski definition) is 4. The third-order valence-electron chi connectivity index (χ3n) is 2.22. The lowest BCUT2D eigenvalue weighted by Crippen LogP contribution is -2.31. The number of carbonyl (C=O) groups is 2. The molecule has 1 aromatic heterocycles. The summed E-state index contributed by atoms with van der Waals surface area (Å²) in [7, 11) is 1.65. The van der Waals surface area contributed by atoms with Crippen LogP contribution in [0.1, 0.15) is 22.6 Å². The van der Waals surface area contributed by atoms with Gasteiger partial charge in [-0.15, -0.1) is 0 Å². The Balaban J connectivity index is 2.45. The molecule has 0 aliphatic heterocycles. The molecule has 0 aliphatic carbocycles. The summed E-state index contributed by atoms with van der Waals surface area (Å²) >= 11 is 0. The lowest BCUT2D eigenvalue weighted by Gasteiger charge is -2.07. The van der Waals surface area contributed by atoms with Crippen LogP contribution in [0.3, 0.4) is 0 Å². The Bertz CT molecular complexity index is 427. The summed E-state index contributed by atoms with van der Waals surface area (Å²) in [5, 5.41) is 24.0. The van der Waals surface area contributed by atoms with Gasteiger partial charge in [0, 0.05) is 20.0 Å². The molecule has 0 saturated heterocycles. The van der Waals surface area contributed by atoms with Gasteiger partial charge in [0.1, 0.15) is 5.69 Å². The van der Waals surface area contributed by atoms with Crippen molar-refractivity contribution in [1.29, 1.82) is 0 Å². The van der Waals surface area contributed by atoms with Gasteiger partial charge in [-0.3, -0.25) is 9.48 Å². The fourth-order valence-corrected chi connectivity index (χ4v) is 1.36. The number of amides is 1. The van der Waals surface area contributed by atoms with E-state index in [0.717, 1.165) is 5.69 Å². The highest BCUT2D eigenvalue weighted by atomic mass is 16.4. The minimum atomic E-state index is -1.46. The molecule has 1 amide bonds. The minimum absolute atomic E-state index is 0.0299. The number of carbonyl (C=O) groups excluding carboxylic acids is 1. The molecule has 0 radical (unpaired) electrons. The number of carboxylic acids is 1. The summed E-state index contributed by atoms with van der Waals surface area (Å²) < 4.78 is 1.44. The molecule has 1 heterocycles. The fraction of sp³-hybridized carbons (Fsp3) is 0.500. The third kappa shape index (κ3) is 3.56. The Kier molecular flexibility index (Phi) is 4.22. The first-order chi connectivity index (χ1) is 7.91. The number of aliphatic hydroxyl groups excluding tert-OH is 1. The van der Waals surface area contributed by atoms with Gasteiger partial charge in [-0.05, 0) is 13.0 Å². The van der Waals surface area contributed by atoms with Crippen LogP contribution in [0.25, 0.3) is 0 Å². The summed E-state index contributed by atoms with van der Waals surface area (Å²) in [6.07, 6.45) is -1.48. The monoisotopic (exact) mass is 241 g/mol. The molecule has 0 saturated carbocycles. The molecule has 0 aliphatic rings. The van der Waals surface area contributed by atoms with Gasteiger partial charge < -0.3 is 15.5 Å². The van der Waals surface area contributed by atoms with Gasteiger partial charge in [0.05, 0.1) is 5.69 Å². The second-order valence-electron chi connectivity index (χ2n) is 3.69. The molecule has 0 spiro atoms. The zero-order chi connectivity index (χ0) is 13.0. The Morgan fingerprint density at radius 2 is 2.24 bits per heavy atom. The summed E-state index contributed by atoms with van der Waals surface area (Å²) in [5.41, 5.74) is 1.12. The zero-order valence-electron chi connectivity index (χ0n) is 9.67. The quantitative estimate of drug-likeness (QED) is 0.632. The average molecular weight is 241 g/mol. The Morgan fingerprint density at radius 1 is 1.59 bits per heavy atom. The van der Waals surface area contributed by atoms with Crippen LogP contribution < -0.4 is 5.32 Å². The largest absolute Gasteiger partial charge is 0.479 e. The molecule has 1 rings (SSSR count). The molecule has 0 bridgehead atoms.